The molecule has 0 fully saturated rings. The third-order valence-corrected chi connectivity index (χ3v) is 4.06. The Kier molecular flexibility index (Phi) is 3.34. The molecule has 3 aromatic rings. The quantitative estimate of drug-likeness (QED) is 0.746. The maximum Gasteiger partial charge on any atom is 0.338 e. The van der Waals surface area contributed by atoms with Crippen LogP contribution in [0.2, 0.25) is 0 Å². The fourth-order valence-corrected chi connectivity index (χ4v) is 3.08. The highest BCUT2D eigenvalue weighted by atomic mass is 16.5. The van der Waals surface area contributed by atoms with Gasteiger partial charge in [-0.25, -0.2) is 9.78 Å². The van der Waals surface area contributed by atoms with Crippen molar-refractivity contribution in [3.05, 3.63) is 53.6 Å². The normalized spacial score (nSPS) is 16.8. The second kappa shape index (κ2) is 5.52. The third kappa shape index (κ3) is 2.09. The molecular formula is C17H16N4O3. The summed E-state index contributed by atoms with van der Waals surface area (Å²) in [6.45, 7) is 3.92. The van der Waals surface area contributed by atoms with Gasteiger partial charge in [0.05, 0.1) is 23.2 Å². The first-order valence-corrected chi connectivity index (χ1v) is 7.73. The van der Waals surface area contributed by atoms with E-state index in [9.17, 15) is 4.79 Å². The number of hydrogen-bond acceptors (Lipinski definition) is 6. The number of esters is 1. The minimum atomic E-state index is -0.452. The smallest absolute Gasteiger partial charge is 0.338 e. The van der Waals surface area contributed by atoms with E-state index in [1.54, 1.807) is 13.0 Å². The fraction of sp³-hybridized carbons (Fsp3) is 0.235. The topological polar surface area (TPSA) is 82.2 Å². The third-order valence-electron chi connectivity index (χ3n) is 4.06. The number of rotatable bonds is 3. The van der Waals surface area contributed by atoms with E-state index in [0.29, 0.717) is 29.5 Å². The SMILES string of the molecule is CCOC(=O)C1=C(C)Nc2nc3ccccc3n2C1c1ccon1. The number of nitrogens with one attached hydrogen (secondary N) is 1. The number of imidazole rings is 1. The van der Waals surface area contributed by atoms with Crippen LogP contribution in [0.5, 0.6) is 0 Å². The summed E-state index contributed by atoms with van der Waals surface area (Å²) in [6, 6.07) is 9.06. The Morgan fingerprint density at radius 2 is 2.21 bits per heavy atom. The second-order valence-electron chi connectivity index (χ2n) is 5.51. The molecule has 2 aromatic heterocycles. The Morgan fingerprint density at radius 1 is 1.38 bits per heavy atom. The molecule has 7 nitrogen and oxygen atoms in total. The predicted molar refractivity (Wildman–Crippen MR) is 87.3 cm³/mol. The first-order valence-electron chi connectivity index (χ1n) is 7.73. The lowest BCUT2D eigenvalue weighted by atomic mass is 9.99. The van der Waals surface area contributed by atoms with E-state index >= 15 is 0 Å². The molecule has 7 heteroatoms. The summed E-state index contributed by atoms with van der Waals surface area (Å²) in [5.74, 6) is 0.286. The van der Waals surface area contributed by atoms with E-state index < -0.39 is 6.04 Å². The number of hydrogen-bond donors (Lipinski definition) is 1. The van der Waals surface area contributed by atoms with Crippen molar-refractivity contribution in [1.29, 1.82) is 0 Å². The number of anilines is 1. The molecule has 4 rings (SSSR count). The molecule has 0 amide bonds. The predicted octanol–water partition coefficient (Wildman–Crippen LogP) is 2.88. The molecule has 0 spiro atoms. The van der Waals surface area contributed by atoms with Crippen molar-refractivity contribution in [3.8, 4) is 0 Å². The van der Waals surface area contributed by atoms with Crippen molar-refractivity contribution in [2.75, 3.05) is 11.9 Å². The monoisotopic (exact) mass is 324 g/mol. The van der Waals surface area contributed by atoms with E-state index in [4.69, 9.17) is 9.26 Å². The lowest BCUT2D eigenvalue weighted by Gasteiger charge is -2.28. The van der Waals surface area contributed by atoms with Crippen molar-refractivity contribution in [2.45, 2.75) is 19.9 Å². The van der Waals surface area contributed by atoms with Crippen molar-refractivity contribution >= 4 is 23.0 Å². The van der Waals surface area contributed by atoms with Gasteiger partial charge in [0.25, 0.3) is 0 Å². The maximum absolute atomic E-state index is 12.6. The van der Waals surface area contributed by atoms with Gasteiger partial charge >= 0.3 is 5.97 Å². The highest BCUT2D eigenvalue weighted by molar-refractivity contribution is 5.93. The largest absolute Gasteiger partial charge is 0.463 e. The van der Waals surface area contributed by atoms with Crippen LogP contribution < -0.4 is 5.32 Å². The van der Waals surface area contributed by atoms with Gasteiger partial charge in [0, 0.05) is 11.8 Å². The molecule has 1 unspecified atom stereocenters. The zero-order valence-corrected chi connectivity index (χ0v) is 13.3. The number of fused-ring (bicyclic) bond motifs is 3. The van der Waals surface area contributed by atoms with Crippen molar-refractivity contribution in [1.82, 2.24) is 14.7 Å². The molecule has 0 radical (unpaired) electrons. The molecule has 1 aliphatic heterocycles. The zero-order chi connectivity index (χ0) is 16.7. The molecule has 0 saturated heterocycles. The Balaban J connectivity index is 1.97. The number of ether oxygens (including phenoxy) is 1. The maximum atomic E-state index is 12.6. The van der Waals surface area contributed by atoms with E-state index in [1.807, 2.05) is 35.8 Å². The van der Waals surface area contributed by atoms with Crippen LogP contribution in [-0.4, -0.2) is 27.3 Å². The van der Waals surface area contributed by atoms with E-state index in [1.165, 1.54) is 6.26 Å². The fourth-order valence-electron chi connectivity index (χ4n) is 3.08. The molecule has 1 aliphatic rings. The average molecular weight is 324 g/mol. The summed E-state index contributed by atoms with van der Waals surface area (Å²) in [4.78, 5) is 17.2. The second-order valence-corrected chi connectivity index (χ2v) is 5.51. The van der Waals surface area contributed by atoms with Crippen LogP contribution in [0.3, 0.4) is 0 Å². The first-order chi connectivity index (χ1) is 11.7. The number of nitrogens with zero attached hydrogens (tertiary/aromatic N) is 3. The van der Waals surface area contributed by atoms with Crippen LogP contribution in [0.15, 0.2) is 52.4 Å². The minimum Gasteiger partial charge on any atom is -0.463 e. The Labute approximate surface area is 137 Å². The van der Waals surface area contributed by atoms with Gasteiger partial charge in [-0.2, -0.15) is 0 Å². The van der Waals surface area contributed by atoms with Gasteiger partial charge in [0.1, 0.15) is 18.0 Å². The van der Waals surface area contributed by atoms with Gasteiger partial charge < -0.3 is 14.6 Å². The summed E-state index contributed by atoms with van der Waals surface area (Å²) in [7, 11) is 0. The van der Waals surface area contributed by atoms with Gasteiger partial charge in [-0.15, -0.1) is 0 Å². The molecule has 122 valence electrons. The van der Waals surface area contributed by atoms with Gasteiger partial charge in [-0.1, -0.05) is 17.3 Å². The van der Waals surface area contributed by atoms with Gasteiger partial charge in [-0.05, 0) is 26.0 Å². The van der Waals surface area contributed by atoms with Crippen LogP contribution in [0.25, 0.3) is 11.0 Å². The van der Waals surface area contributed by atoms with Gasteiger partial charge in [0.15, 0.2) is 0 Å². The molecule has 1 aromatic carbocycles. The molecular weight excluding hydrogens is 308 g/mol. The van der Waals surface area contributed by atoms with E-state index in [-0.39, 0.29) is 5.97 Å². The molecule has 0 aliphatic carbocycles. The van der Waals surface area contributed by atoms with Gasteiger partial charge in [0.2, 0.25) is 5.95 Å². The Morgan fingerprint density at radius 3 is 2.96 bits per heavy atom. The highest BCUT2D eigenvalue weighted by Gasteiger charge is 2.36. The number of para-hydroxylation sites is 2. The molecule has 3 heterocycles. The summed E-state index contributed by atoms with van der Waals surface area (Å²) < 4.78 is 12.2. The number of carbonyl (C=O) groups is 1. The Bertz CT molecular complexity index is 940. The standard InChI is InChI=1S/C17H16N4O3/c1-3-23-16(22)14-10(2)18-17-19-11-6-4-5-7-13(11)21(17)15(14)12-8-9-24-20-12/h4-9,15H,3H2,1-2H3,(H,18,19). The van der Waals surface area contributed by atoms with E-state index in [2.05, 4.69) is 15.5 Å². The summed E-state index contributed by atoms with van der Waals surface area (Å²) >= 11 is 0. The number of carbonyl (C=O) groups excluding carboxylic acids is 1. The lowest BCUT2D eigenvalue weighted by molar-refractivity contribution is -0.139. The number of allylic oxidation sites excluding steroid dienone is 1. The molecule has 0 saturated carbocycles. The van der Waals surface area contributed by atoms with Crippen LogP contribution >= 0.6 is 0 Å². The summed E-state index contributed by atoms with van der Waals surface area (Å²) in [6.07, 6.45) is 1.49. The van der Waals surface area contributed by atoms with Crippen molar-refractivity contribution in [2.24, 2.45) is 0 Å². The number of aromatic nitrogens is 3. The van der Waals surface area contributed by atoms with E-state index in [0.717, 1.165) is 11.0 Å². The lowest BCUT2D eigenvalue weighted by Crippen LogP contribution is -2.29. The molecule has 1 N–H and O–H groups in total. The van der Waals surface area contributed by atoms with Crippen LogP contribution in [-0.2, 0) is 9.53 Å². The highest BCUT2D eigenvalue weighted by Crippen LogP contribution is 2.38. The molecule has 0 bridgehead atoms. The molecule has 24 heavy (non-hydrogen) atoms. The van der Waals surface area contributed by atoms with Crippen LogP contribution in [0.4, 0.5) is 5.95 Å². The average Bonchev–Trinajstić information content (AvgIpc) is 3.21. The minimum absolute atomic E-state index is 0.304. The molecule has 1 atom stereocenters. The summed E-state index contributed by atoms with van der Waals surface area (Å²) in [5, 5.41) is 7.26. The zero-order valence-electron chi connectivity index (χ0n) is 13.3. The van der Waals surface area contributed by atoms with Gasteiger partial charge in [-0.3, -0.25) is 4.57 Å². The van der Waals surface area contributed by atoms with Crippen molar-refractivity contribution in [3.63, 3.8) is 0 Å². The van der Waals surface area contributed by atoms with Crippen LogP contribution in [0.1, 0.15) is 25.6 Å². The Hall–Kier alpha value is -3.09. The first kappa shape index (κ1) is 14.5. The summed E-state index contributed by atoms with van der Waals surface area (Å²) in [5.41, 5.74) is 3.57. The van der Waals surface area contributed by atoms with Crippen LogP contribution in [0, 0.1) is 0 Å². The number of benzene rings is 1. The van der Waals surface area contributed by atoms with Crippen molar-refractivity contribution < 1.29 is 14.1 Å².